The maximum absolute atomic E-state index is 13.3. The number of hydrogen-bond donors (Lipinski definition) is 1. The molecular weight excluding hydrogens is 265 g/mol. The van der Waals surface area contributed by atoms with Gasteiger partial charge in [0, 0.05) is 12.6 Å². The minimum absolute atomic E-state index is 0.100. The van der Waals surface area contributed by atoms with Gasteiger partial charge >= 0.3 is 0 Å². The van der Waals surface area contributed by atoms with Crippen LogP contribution in [0.15, 0.2) is 30.3 Å². The highest BCUT2D eigenvalue weighted by Gasteiger charge is 2.18. The van der Waals surface area contributed by atoms with E-state index in [9.17, 15) is 22.0 Å². The van der Waals surface area contributed by atoms with Crippen LogP contribution in [0.1, 0.15) is 5.56 Å². The van der Waals surface area contributed by atoms with Crippen molar-refractivity contribution in [3.63, 3.8) is 0 Å². The zero-order chi connectivity index (χ0) is 14.0. The van der Waals surface area contributed by atoms with Crippen LogP contribution >= 0.6 is 0 Å². The van der Waals surface area contributed by atoms with Gasteiger partial charge in [0.2, 0.25) is 0 Å². The van der Waals surface area contributed by atoms with Gasteiger partial charge in [-0.2, -0.15) is 0 Å². The van der Waals surface area contributed by atoms with Gasteiger partial charge in [-0.05, 0) is 17.7 Å². The minimum atomic E-state index is -1.50. The summed E-state index contributed by atoms with van der Waals surface area (Å²) in [6, 6.07) is 5.22. The molecule has 0 aliphatic carbocycles. The molecule has 2 aromatic carbocycles. The largest absolute Gasteiger partial charge is 0.376 e. The molecule has 0 aromatic heterocycles. The average molecular weight is 273 g/mol. The van der Waals surface area contributed by atoms with Crippen LogP contribution in [0, 0.1) is 29.1 Å². The number of halogens is 5. The molecule has 0 amide bonds. The summed E-state index contributed by atoms with van der Waals surface area (Å²) < 4.78 is 65.1. The molecule has 2 rings (SSSR count). The van der Waals surface area contributed by atoms with E-state index in [1.165, 1.54) is 12.1 Å². The molecule has 0 spiro atoms. The number of hydrogen-bond acceptors (Lipinski definition) is 1. The summed E-state index contributed by atoms with van der Waals surface area (Å²) in [4.78, 5) is 0. The summed E-state index contributed by atoms with van der Waals surface area (Å²) in [5.41, 5.74) is -0.383. The van der Waals surface area contributed by atoms with Crippen molar-refractivity contribution in [3.05, 3.63) is 65.0 Å². The fourth-order valence-electron chi connectivity index (χ4n) is 1.52. The molecule has 19 heavy (non-hydrogen) atoms. The lowest BCUT2D eigenvalue weighted by molar-refractivity contribution is 0.458. The molecule has 1 N–H and O–H groups in total. The van der Waals surface area contributed by atoms with E-state index in [-0.39, 0.29) is 12.6 Å². The number of benzene rings is 2. The van der Waals surface area contributed by atoms with Crippen LogP contribution in [-0.4, -0.2) is 0 Å². The lowest BCUT2D eigenvalue weighted by atomic mass is 10.2. The molecule has 1 nitrogen and oxygen atoms in total. The standard InChI is InChI=1S/C13H8F5N/c14-8-3-1-7(2-4-8)6-19-13-11(17)9(15)5-10(16)12(13)18/h1-5,19H,6H2. The Hall–Kier alpha value is -2.11. The zero-order valence-electron chi connectivity index (χ0n) is 9.48. The Bertz CT molecular complexity index is 569. The quantitative estimate of drug-likeness (QED) is 0.658. The van der Waals surface area contributed by atoms with Crippen LogP contribution < -0.4 is 5.32 Å². The summed E-state index contributed by atoms with van der Waals surface area (Å²) in [5.74, 6) is -6.43. The van der Waals surface area contributed by atoms with Crippen molar-refractivity contribution in [1.82, 2.24) is 0 Å². The first-order valence-electron chi connectivity index (χ1n) is 5.30. The Labute approximate surface area is 105 Å². The first-order chi connectivity index (χ1) is 8.99. The van der Waals surface area contributed by atoms with Gasteiger partial charge in [0.15, 0.2) is 23.3 Å². The van der Waals surface area contributed by atoms with Crippen LogP contribution in [0.25, 0.3) is 0 Å². The van der Waals surface area contributed by atoms with E-state index in [1.807, 2.05) is 0 Å². The first-order valence-corrected chi connectivity index (χ1v) is 5.30. The predicted octanol–water partition coefficient (Wildman–Crippen LogP) is 3.99. The number of anilines is 1. The van der Waals surface area contributed by atoms with Gasteiger partial charge in [-0.25, -0.2) is 22.0 Å². The maximum atomic E-state index is 13.3. The monoisotopic (exact) mass is 273 g/mol. The van der Waals surface area contributed by atoms with Crippen molar-refractivity contribution < 1.29 is 22.0 Å². The van der Waals surface area contributed by atoms with Crippen molar-refractivity contribution in [3.8, 4) is 0 Å². The molecule has 0 bridgehead atoms. The average Bonchev–Trinajstić information content (AvgIpc) is 2.38. The fourth-order valence-corrected chi connectivity index (χ4v) is 1.52. The van der Waals surface area contributed by atoms with Crippen molar-refractivity contribution in [2.75, 3.05) is 5.32 Å². The molecule has 2 aromatic rings. The van der Waals surface area contributed by atoms with Gasteiger partial charge in [0.05, 0.1) is 0 Å². The predicted molar refractivity (Wildman–Crippen MR) is 60.0 cm³/mol. The lowest BCUT2D eigenvalue weighted by Crippen LogP contribution is -2.07. The van der Waals surface area contributed by atoms with Crippen molar-refractivity contribution in [2.24, 2.45) is 0 Å². The zero-order valence-corrected chi connectivity index (χ0v) is 9.48. The number of rotatable bonds is 3. The Morgan fingerprint density at radius 3 is 1.84 bits per heavy atom. The summed E-state index contributed by atoms with van der Waals surface area (Å²) >= 11 is 0. The summed E-state index contributed by atoms with van der Waals surface area (Å²) in [5, 5.41) is 2.25. The Morgan fingerprint density at radius 1 is 0.789 bits per heavy atom. The molecular formula is C13H8F5N. The molecule has 0 saturated heterocycles. The lowest BCUT2D eigenvalue weighted by Gasteiger charge is -2.10. The number of nitrogens with one attached hydrogen (secondary N) is 1. The van der Waals surface area contributed by atoms with Crippen LogP contribution in [-0.2, 0) is 6.54 Å². The van der Waals surface area contributed by atoms with Gasteiger partial charge in [-0.15, -0.1) is 0 Å². The molecule has 0 fully saturated rings. The van der Waals surface area contributed by atoms with Crippen molar-refractivity contribution in [2.45, 2.75) is 6.54 Å². The van der Waals surface area contributed by atoms with E-state index in [0.717, 1.165) is 12.1 Å². The van der Waals surface area contributed by atoms with Crippen molar-refractivity contribution >= 4 is 5.69 Å². The minimum Gasteiger partial charge on any atom is -0.376 e. The van der Waals surface area contributed by atoms with E-state index in [4.69, 9.17) is 0 Å². The van der Waals surface area contributed by atoms with Crippen LogP contribution in [0.4, 0.5) is 27.6 Å². The van der Waals surface area contributed by atoms with Crippen molar-refractivity contribution in [1.29, 1.82) is 0 Å². The van der Waals surface area contributed by atoms with Crippen LogP contribution in [0.3, 0.4) is 0 Å². The van der Waals surface area contributed by atoms with Crippen LogP contribution in [0.5, 0.6) is 0 Å². The van der Waals surface area contributed by atoms with Crippen LogP contribution in [0.2, 0.25) is 0 Å². The van der Waals surface area contributed by atoms with E-state index >= 15 is 0 Å². The van der Waals surface area contributed by atoms with Gasteiger partial charge in [0.1, 0.15) is 11.5 Å². The smallest absolute Gasteiger partial charge is 0.185 e. The molecule has 0 heterocycles. The normalized spacial score (nSPS) is 10.6. The summed E-state index contributed by atoms with van der Waals surface area (Å²) in [6.07, 6.45) is 0. The molecule has 6 heteroatoms. The fraction of sp³-hybridized carbons (Fsp3) is 0.0769. The van der Waals surface area contributed by atoms with Gasteiger partial charge in [-0.3, -0.25) is 0 Å². The molecule has 100 valence electrons. The molecule has 0 saturated carbocycles. The highest BCUT2D eigenvalue weighted by Crippen LogP contribution is 2.24. The maximum Gasteiger partial charge on any atom is 0.185 e. The molecule has 0 radical (unpaired) electrons. The second kappa shape index (κ2) is 5.26. The third-order valence-corrected chi connectivity index (χ3v) is 2.49. The molecule has 0 aliphatic heterocycles. The highest BCUT2D eigenvalue weighted by molar-refractivity contribution is 5.47. The van der Waals surface area contributed by atoms with Gasteiger partial charge < -0.3 is 5.32 Å². The summed E-state index contributed by atoms with van der Waals surface area (Å²) in [7, 11) is 0. The Kier molecular flexibility index (Phi) is 3.69. The van der Waals surface area contributed by atoms with Gasteiger partial charge in [-0.1, -0.05) is 12.1 Å². The Morgan fingerprint density at radius 2 is 1.32 bits per heavy atom. The molecule has 0 atom stereocenters. The van der Waals surface area contributed by atoms with E-state index in [1.54, 1.807) is 0 Å². The summed E-state index contributed by atoms with van der Waals surface area (Å²) in [6.45, 7) is -0.100. The highest BCUT2D eigenvalue weighted by atomic mass is 19.2. The van der Waals surface area contributed by atoms with E-state index in [2.05, 4.69) is 5.32 Å². The molecule has 0 aliphatic rings. The third-order valence-electron chi connectivity index (χ3n) is 2.49. The second-order valence-electron chi connectivity index (χ2n) is 3.82. The van der Waals surface area contributed by atoms with Gasteiger partial charge in [0.25, 0.3) is 0 Å². The third kappa shape index (κ3) is 2.83. The second-order valence-corrected chi connectivity index (χ2v) is 3.82. The van der Waals surface area contributed by atoms with E-state index in [0.29, 0.717) is 5.56 Å². The Balaban J connectivity index is 2.22. The molecule has 0 unspecified atom stereocenters. The SMILES string of the molecule is Fc1ccc(CNc2c(F)c(F)cc(F)c2F)cc1. The van der Waals surface area contributed by atoms with E-state index < -0.39 is 34.8 Å². The topological polar surface area (TPSA) is 12.0 Å². The first kappa shape index (κ1) is 13.3.